The van der Waals surface area contributed by atoms with Crippen LogP contribution in [-0.4, -0.2) is 5.54 Å². The largest absolute Gasteiger partial charge is 0.380 e. The SMILES string of the molecule is CC1(Nc2ccc(C#N)c(F)c2)CCCCC1. The lowest BCUT2D eigenvalue weighted by molar-refractivity contribution is 0.349. The molecule has 1 aliphatic rings. The highest BCUT2D eigenvalue weighted by atomic mass is 19.1. The molecule has 0 bridgehead atoms. The Balaban J connectivity index is 2.13. The molecular formula is C14H17FN2. The van der Waals surface area contributed by atoms with E-state index in [1.807, 2.05) is 6.07 Å². The summed E-state index contributed by atoms with van der Waals surface area (Å²) in [5, 5.41) is 12.1. The summed E-state index contributed by atoms with van der Waals surface area (Å²) in [6.07, 6.45) is 5.98. The molecule has 1 fully saturated rings. The van der Waals surface area contributed by atoms with Crippen LogP contribution in [0.3, 0.4) is 0 Å². The monoisotopic (exact) mass is 232 g/mol. The summed E-state index contributed by atoms with van der Waals surface area (Å²) in [5.74, 6) is -0.447. The highest BCUT2D eigenvalue weighted by molar-refractivity contribution is 5.49. The molecule has 0 saturated heterocycles. The first-order valence-electron chi connectivity index (χ1n) is 6.11. The molecule has 17 heavy (non-hydrogen) atoms. The van der Waals surface area contributed by atoms with Crippen molar-refractivity contribution in [2.45, 2.75) is 44.6 Å². The first-order chi connectivity index (χ1) is 8.13. The molecule has 0 aromatic heterocycles. The van der Waals surface area contributed by atoms with Gasteiger partial charge in [0.1, 0.15) is 11.9 Å². The molecule has 0 aliphatic heterocycles. The molecule has 0 heterocycles. The number of rotatable bonds is 2. The highest BCUT2D eigenvalue weighted by Gasteiger charge is 2.26. The number of anilines is 1. The fraction of sp³-hybridized carbons (Fsp3) is 0.500. The van der Waals surface area contributed by atoms with Gasteiger partial charge in [-0.3, -0.25) is 0 Å². The zero-order chi connectivity index (χ0) is 12.3. The van der Waals surface area contributed by atoms with E-state index < -0.39 is 5.82 Å². The van der Waals surface area contributed by atoms with Gasteiger partial charge in [0.25, 0.3) is 0 Å². The lowest BCUT2D eigenvalue weighted by atomic mass is 9.83. The van der Waals surface area contributed by atoms with Crippen LogP contribution < -0.4 is 5.32 Å². The second-order valence-corrected chi connectivity index (χ2v) is 5.05. The van der Waals surface area contributed by atoms with Crippen molar-refractivity contribution in [2.75, 3.05) is 5.32 Å². The number of nitrogens with zero attached hydrogens (tertiary/aromatic N) is 1. The van der Waals surface area contributed by atoms with Crippen molar-refractivity contribution < 1.29 is 4.39 Å². The van der Waals surface area contributed by atoms with Crippen molar-refractivity contribution in [3.05, 3.63) is 29.6 Å². The van der Waals surface area contributed by atoms with Crippen molar-refractivity contribution in [3.8, 4) is 6.07 Å². The maximum Gasteiger partial charge on any atom is 0.143 e. The summed E-state index contributed by atoms with van der Waals surface area (Å²) < 4.78 is 13.5. The summed E-state index contributed by atoms with van der Waals surface area (Å²) >= 11 is 0. The van der Waals surface area contributed by atoms with E-state index in [9.17, 15) is 4.39 Å². The molecule has 1 saturated carbocycles. The molecule has 0 radical (unpaired) electrons. The van der Waals surface area contributed by atoms with Gasteiger partial charge in [-0.2, -0.15) is 5.26 Å². The fourth-order valence-corrected chi connectivity index (χ4v) is 2.49. The van der Waals surface area contributed by atoms with E-state index in [2.05, 4.69) is 12.2 Å². The zero-order valence-electron chi connectivity index (χ0n) is 10.1. The molecule has 90 valence electrons. The number of benzene rings is 1. The summed E-state index contributed by atoms with van der Waals surface area (Å²) in [4.78, 5) is 0. The third kappa shape index (κ3) is 2.76. The Hall–Kier alpha value is -1.56. The van der Waals surface area contributed by atoms with Crippen molar-refractivity contribution in [1.82, 2.24) is 0 Å². The maximum absolute atomic E-state index is 13.5. The number of nitriles is 1. The standard InChI is InChI=1S/C14H17FN2/c1-14(7-3-2-4-8-14)17-12-6-5-11(10-16)13(15)9-12/h5-6,9,17H,2-4,7-8H2,1H3. The summed E-state index contributed by atoms with van der Waals surface area (Å²) in [5.41, 5.74) is 0.939. The third-order valence-electron chi connectivity index (χ3n) is 3.49. The quantitative estimate of drug-likeness (QED) is 0.841. The normalized spacial score (nSPS) is 18.4. The van der Waals surface area contributed by atoms with Crippen molar-refractivity contribution in [1.29, 1.82) is 5.26 Å². The molecule has 0 spiro atoms. The van der Waals surface area contributed by atoms with Crippen molar-refractivity contribution in [2.24, 2.45) is 0 Å². The number of hydrogen-bond donors (Lipinski definition) is 1. The predicted molar refractivity (Wildman–Crippen MR) is 66.2 cm³/mol. The van der Waals surface area contributed by atoms with Crippen LogP contribution in [-0.2, 0) is 0 Å². The molecule has 1 aromatic rings. The van der Waals surface area contributed by atoms with E-state index in [0.717, 1.165) is 18.5 Å². The Morgan fingerprint density at radius 3 is 2.59 bits per heavy atom. The van der Waals surface area contributed by atoms with E-state index in [-0.39, 0.29) is 11.1 Å². The minimum Gasteiger partial charge on any atom is -0.380 e. The smallest absolute Gasteiger partial charge is 0.143 e. The second kappa shape index (κ2) is 4.75. The average Bonchev–Trinajstić information content (AvgIpc) is 2.29. The van der Waals surface area contributed by atoms with E-state index >= 15 is 0 Å². The van der Waals surface area contributed by atoms with Gasteiger partial charge in [0.05, 0.1) is 5.56 Å². The molecule has 0 unspecified atom stereocenters. The molecule has 2 nitrogen and oxygen atoms in total. The third-order valence-corrected chi connectivity index (χ3v) is 3.49. The minimum absolute atomic E-state index is 0.0683. The molecular weight excluding hydrogens is 215 g/mol. The van der Waals surface area contributed by atoms with Crippen LogP contribution in [0.4, 0.5) is 10.1 Å². The highest BCUT2D eigenvalue weighted by Crippen LogP contribution is 2.31. The summed E-state index contributed by atoms with van der Waals surface area (Å²) in [6.45, 7) is 2.18. The van der Waals surface area contributed by atoms with Gasteiger partial charge in [-0.25, -0.2) is 4.39 Å². The molecule has 1 N–H and O–H groups in total. The van der Waals surface area contributed by atoms with Gasteiger partial charge < -0.3 is 5.32 Å². The van der Waals surface area contributed by atoms with Gasteiger partial charge in [-0.1, -0.05) is 19.3 Å². The van der Waals surface area contributed by atoms with Crippen LogP contribution in [0.2, 0.25) is 0 Å². The first-order valence-corrected chi connectivity index (χ1v) is 6.11. The zero-order valence-corrected chi connectivity index (χ0v) is 10.1. The van der Waals surface area contributed by atoms with Gasteiger partial charge in [0.2, 0.25) is 0 Å². The van der Waals surface area contributed by atoms with E-state index in [4.69, 9.17) is 5.26 Å². The Morgan fingerprint density at radius 1 is 1.29 bits per heavy atom. The van der Waals surface area contributed by atoms with Crippen LogP contribution >= 0.6 is 0 Å². The maximum atomic E-state index is 13.5. The lowest BCUT2D eigenvalue weighted by Crippen LogP contribution is -2.36. The fourth-order valence-electron chi connectivity index (χ4n) is 2.49. The molecule has 1 aromatic carbocycles. The molecule has 3 heteroatoms. The summed E-state index contributed by atoms with van der Waals surface area (Å²) in [6, 6.07) is 6.56. The van der Waals surface area contributed by atoms with Crippen LogP contribution in [0.5, 0.6) is 0 Å². The minimum atomic E-state index is -0.447. The van der Waals surface area contributed by atoms with Crippen molar-refractivity contribution in [3.63, 3.8) is 0 Å². The van der Waals surface area contributed by atoms with Crippen LogP contribution in [0.15, 0.2) is 18.2 Å². The van der Waals surface area contributed by atoms with Gasteiger partial charge in [0, 0.05) is 11.2 Å². The molecule has 0 atom stereocenters. The summed E-state index contributed by atoms with van der Waals surface area (Å²) in [7, 11) is 0. The van der Waals surface area contributed by atoms with E-state index in [0.29, 0.717) is 0 Å². The topological polar surface area (TPSA) is 35.8 Å². The lowest BCUT2D eigenvalue weighted by Gasteiger charge is -2.35. The first kappa shape index (κ1) is 11.9. The Bertz CT molecular complexity index is 442. The Morgan fingerprint density at radius 2 is 2.00 bits per heavy atom. The average molecular weight is 232 g/mol. The Kier molecular flexibility index (Phi) is 3.33. The van der Waals surface area contributed by atoms with Gasteiger partial charge in [0.15, 0.2) is 0 Å². The van der Waals surface area contributed by atoms with Gasteiger partial charge in [-0.05, 0) is 38.0 Å². The van der Waals surface area contributed by atoms with Crippen LogP contribution in [0.1, 0.15) is 44.6 Å². The Labute approximate surface area is 101 Å². The predicted octanol–water partition coefficient (Wildman–Crippen LogP) is 3.83. The molecule has 2 rings (SSSR count). The number of nitrogens with one attached hydrogen (secondary N) is 1. The molecule has 1 aliphatic carbocycles. The number of halogens is 1. The van der Waals surface area contributed by atoms with E-state index in [1.54, 1.807) is 6.07 Å². The van der Waals surface area contributed by atoms with Crippen molar-refractivity contribution >= 4 is 5.69 Å². The van der Waals surface area contributed by atoms with Crippen LogP contribution in [0.25, 0.3) is 0 Å². The van der Waals surface area contributed by atoms with Crippen LogP contribution in [0, 0.1) is 17.1 Å². The second-order valence-electron chi connectivity index (χ2n) is 5.05. The van der Waals surface area contributed by atoms with Gasteiger partial charge >= 0.3 is 0 Å². The molecule has 0 amide bonds. The van der Waals surface area contributed by atoms with Gasteiger partial charge in [-0.15, -0.1) is 0 Å². The number of hydrogen-bond acceptors (Lipinski definition) is 2. The van der Waals surface area contributed by atoms with E-state index in [1.165, 1.54) is 31.4 Å².